The average Bonchev–Trinajstić information content (AvgIpc) is 2.71. The summed E-state index contributed by atoms with van der Waals surface area (Å²) in [6.07, 6.45) is -2.90. The highest BCUT2D eigenvalue weighted by Crippen LogP contribution is 2.46. The van der Waals surface area contributed by atoms with Crippen molar-refractivity contribution in [1.82, 2.24) is 16.0 Å². The second-order valence-electron chi connectivity index (χ2n) is 8.99. The van der Waals surface area contributed by atoms with Gasteiger partial charge in [-0.05, 0) is 68.2 Å². The van der Waals surface area contributed by atoms with E-state index >= 15 is 0 Å². The van der Waals surface area contributed by atoms with Gasteiger partial charge in [0.15, 0.2) is 6.61 Å². The normalized spacial score (nSPS) is 31.3. The Morgan fingerprint density at radius 3 is 2.30 bits per heavy atom. The third-order valence-corrected chi connectivity index (χ3v) is 6.98. The number of fused-ring (bicyclic) bond motifs is 2. The lowest BCUT2D eigenvalue weighted by atomic mass is 9.60. The lowest BCUT2D eigenvalue weighted by Crippen LogP contribution is -2.61. The molecule has 1 aliphatic heterocycles. The van der Waals surface area contributed by atoms with Gasteiger partial charge >= 0.3 is 6.36 Å². The number of hydrogen-bond acceptors (Lipinski definition) is 5. The molecule has 11 heteroatoms. The SMILES string of the molecule is O=C(COc1ccc(Cl)cc1)N[C@H]1C[C@@H](NC(=O)C2CCC(OC(F)(F)F)NC2)C2CC1C2. The zero-order valence-corrected chi connectivity index (χ0v) is 18.6. The number of halogens is 4. The standard InChI is InChI=1S/C22H27ClF3N3O4/c23-15-2-4-16(5-3-15)32-11-19(30)28-17-9-18(14-7-13(17)8-14)29-21(31)12-1-6-20(27-10-12)33-22(24,25)26/h2-5,12-14,17-18,20,27H,1,6-11H2,(H,28,30)(H,29,31)/t12?,13?,14?,17-,18+,20?/m0/s1. The first-order valence-electron chi connectivity index (χ1n) is 11.1. The molecule has 5 rings (SSSR count). The molecule has 33 heavy (non-hydrogen) atoms. The van der Waals surface area contributed by atoms with Crippen molar-refractivity contribution in [2.45, 2.75) is 56.8 Å². The molecule has 1 saturated heterocycles. The highest BCUT2D eigenvalue weighted by Gasteiger charge is 2.47. The van der Waals surface area contributed by atoms with Gasteiger partial charge in [0.1, 0.15) is 12.0 Å². The van der Waals surface area contributed by atoms with Gasteiger partial charge in [-0.1, -0.05) is 11.6 Å². The van der Waals surface area contributed by atoms with Crippen LogP contribution in [0.3, 0.4) is 0 Å². The number of rotatable bonds is 7. The fraction of sp³-hybridized carbons (Fsp3) is 0.636. The Morgan fingerprint density at radius 2 is 1.70 bits per heavy atom. The first kappa shape index (κ1) is 24.1. The molecular weight excluding hydrogens is 463 g/mol. The summed E-state index contributed by atoms with van der Waals surface area (Å²) in [5, 5.41) is 9.32. The molecule has 1 aromatic rings. The van der Waals surface area contributed by atoms with E-state index in [0.717, 1.165) is 12.8 Å². The molecule has 0 aromatic heterocycles. The van der Waals surface area contributed by atoms with Crippen LogP contribution in [0.2, 0.25) is 5.02 Å². The van der Waals surface area contributed by atoms with Gasteiger partial charge in [0.05, 0.1) is 5.92 Å². The summed E-state index contributed by atoms with van der Waals surface area (Å²) >= 11 is 5.84. The Bertz CT molecular complexity index is 840. The number of piperidine rings is 1. The Labute approximate surface area is 194 Å². The summed E-state index contributed by atoms with van der Waals surface area (Å²) in [4.78, 5) is 25.1. The van der Waals surface area contributed by atoms with Gasteiger partial charge in [-0.25, -0.2) is 0 Å². The third-order valence-electron chi connectivity index (χ3n) is 6.73. The van der Waals surface area contributed by atoms with Crippen LogP contribution in [0.15, 0.2) is 24.3 Å². The largest absolute Gasteiger partial charge is 0.524 e. The molecule has 0 radical (unpaired) electrons. The lowest BCUT2D eigenvalue weighted by Gasteiger charge is -2.51. The Kier molecular flexibility index (Phi) is 7.35. The number of alkyl halides is 3. The maximum atomic E-state index is 12.7. The van der Waals surface area contributed by atoms with Crippen molar-refractivity contribution in [3.63, 3.8) is 0 Å². The number of carbonyl (C=O) groups excluding carboxylic acids is 2. The molecule has 182 valence electrons. The molecule has 2 bridgehead atoms. The number of nitrogens with one attached hydrogen (secondary N) is 3. The summed E-state index contributed by atoms with van der Waals surface area (Å²) in [6, 6.07) is 6.64. The van der Waals surface area contributed by atoms with E-state index in [0.29, 0.717) is 35.4 Å². The molecule has 2 amide bonds. The lowest BCUT2D eigenvalue weighted by molar-refractivity contribution is -0.348. The molecule has 3 N–H and O–H groups in total. The monoisotopic (exact) mass is 489 g/mol. The predicted molar refractivity (Wildman–Crippen MR) is 113 cm³/mol. The third kappa shape index (κ3) is 6.51. The second kappa shape index (κ2) is 10.1. The fourth-order valence-corrected chi connectivity index (χ4v) is 5.05. The van der Waals surface area contributed by atoms with E-state index in [1.807, 2.05) is 0 Å². The van der Waals surface area contributed by atoms with Crippen LogP contribution in [-0.4, -0.2) is 49.6 Å². The summed E-state index contributed by atoms with van der Waals surface area (Å²) in [6.45, 7) is 0.0228. The molecule has 3 saturated carbocycles. The molecule has 7 nitrogen and oxygen atoms in total. The van der Waals surface area contributed by atoms with Gasteiger partial charge in [0.2, 0.25) is 5.91 Å². The molecule has 1 aromatic carbocycles. The molecule has 1 heterocycles. The van der Waals surface area contributed by atoms with Crippen molar-refractivity contribution in [2.75, 3.05) is 13.2 Å². The molecule has 0 spiro atoms. The summed E-state index contributed by atoms with van der Waals surface area (Å²) in [5.74, 6) is 0.513. The van der Waals surface area contributed by atoms with E-state index in [1.165, 1.54) is 0 Å². The number of benzene rings is 1. The van der Waals surface area contributed by atoms with Crippen LogP contribution in [0.25, 0.3) is 0 Å². The average molecular weight is 490 g/mol. The van der Waals surface area contributed by atoms with E-state index in [4.69, 9.17) is 16.3 Å². The van der Waals surface area contributed by atoms with Crippen LogP contribution < -0.4 is 20.7 Å². The van der Waals surface area contributed by atoms with Crippen molar-refractivity contribution in [3.8, 4) is 5.75 Å². The number of ether oxygens (including phenoxy) is 2. The van der Waals surface area contributed by atoms with Crippen molar-refractivity contribution in [2.24, 2.45) is 17.8 Å². The zero-order chi connectivity index (χ0) is 23.6. The van der Waals surface area contributed by atoms with Crippen molar-refractivity contribution in [1.29, 1.82) is 0 Å². The number of carbonyl (C=O) groups is 2. The van der Waals surface area contributed by atoms with Crippen LogP contribution in [0, 0.1) is 17.8 Å². The van der Waals surface area contributed by atoms with Gasteiger partial charge in [-0.15, -0.1) is 13.2 Å². The topological polar surface area (TPSA) is 88.7 Å². The minimum Gasteiger partial charge on any atom is -0.484 e. The zero-order valence-electron chi connectivity index (χ0n) is 17.9. The Balaban J connectivity index is 1.21. The van der Waals surface area contributed by atoms with Crippen molar-refractivity contribution in [3.05, 3.63) is 29.3 Å². The van der Waals surface area contributed by atoms with Crippen molar-refractivity contribution >= 4 is 23.4 Å². The first-order chi connectivity index (χ1) is 15.7. The number of amides is 2. The minimum atomic E-state index is -4.70. The molecule has 4 aliphatic rings. The van der Waals surface area contributed by atoms with Gasteiger partial charge in [-0.2, -0.15) is 0 Å². The molecule has 4 atom stereocenters. The molecule has 4 fully saturated rings. The van der Waals surface area contributed by atoms with Crippen LogP contribution >= 0.6 is 11.6 Å². The predicted octanol–water partition coefficient (Wildman–Crippen LogP) is 2.98. The Morgan fingerprint density at radius 1 is 1.03 bits per heavy atom. The van der Waals surface area contributed by atoms with E-state index in [-0.39, 0.29) is 43.5 Å². The van der Waals surface area contributed by atoms with Crippen LogP contribution in [-0.2, 0) is 14.3 Å². The van der Waals surface area contributed by atoms with Gasteiger partial charge in [-0.3, -0.25) is 19.6 Å². The van der Waals surface area contributed by atoms with Gasteiger partial charge in [0.25, 0.3) is 5.91 Å². The van der Waals surface area contributed by atoms with Crippen LogP contribution in [0.1, 0.15) is 32.1 Å². The first-order valence-corrected chi connectivity index (χ1v) is 11.5. The smallest absolute Gasteiger partial charge is 0.484 e. The molecular formula is C22H27ClF3N3O4. The van der Waals surface area contributed by atoms with Crippen molar-refractivity contribution < 1.29 is 32.2 Å². The van der Waals surface area contributed by atoms with E-state index < -0.39 is 18.5 Å². The maximum absolute atomic E-state index is 12.7. The minimum absolute atomic E-state index is 0.0457. The number of hydrogen-bond donors (Lipinski definition) is 3. The van der Waals surface area contributed by atoms with Gasteiger partial charge < -0.3 is 15.4 Å². The van der Waals surface area contributed by atoms with Crippen LogP contribution in [0.4, 0.5) is 13.2 Å². The second-order valence-corrected chi connectivity index (χ2v) is 9.43. The van der Waals surface area contributed by atoms with Gasteiger partial charge in [0, 0.05) is 23.7 Å². The van der Waals surface area contributed by atoms with E-state index in [1.54, 1.807) is 24.3 Å². The Hall–Kier alpha value is -2.04. The molecule has 3 aliphatic carbocycles. The van der Waals surface area contributed by atoms with Crippen LogP contribution in [0.5, 0.6) is 5.75 Å². The fourth-order valence-electron chi connectivity index (χ4n) is 4.92. The summed E-state index contributed by atoms with van der Waals surface area (Å²) in [7, 11) is 0. The summed E-state index contributed by atoms with van der Waals surface area (Å²) in [5.41, 5.74) is 0. The quantitative estimate of drug-likeness (QED) is 0.548. The highest BCUT2D eigenvalue weighted by molar-refractivity contribution is 6.30. The highest BCUT2D eigenvalue weighted by atomic mass is 35.5. The maximum Gasteiger partial charge on any atom is 0.524 e. The van der Waals surface area contributed by atoms with E-state index in [2.05, 4.69) is 20.7 Å². The molecule has 2 unspecified atom stereocenters. The summed E-state index contributed by atoms with van der Waals surface area (Å²) < 4.78 is 46.5. The van der Waals surface area contributed by atoms with E-state index in [9.17, 15) is 22.8 Å².